The Morgan fingerprint density at radius 3 is 2.57 bits per heavy atom. The third-order valence-electron chi connectivity index (χ3n) is 6.32. The van der Waals surface area contributed by atoms with E-state index in [1.165, 1.54) is 25.1 Å². The Kier molecular flexibility index (Phi) is 5.17. The molecular formula is C24H29N5O. The number of anilines is 1. The fourth-order valence-corrected chi connectivity index (χ4v) is 4.62. The zero-order valence-electron chi connectivity index (χ0n) is 17.6. The number of amides is 1. The zero-order valence-corrected chi connectivity index (χ0v) is 17.6. The van der Waals surface area contributed by atoms with Gasteiger partial charge in [-0.25, -0.2) is 4.98 Å². The topological polar surface area (TPSA) is 53.4 Å². The van der Waals surface area contributed by atoms with Crippen molar-refractivity contribution in [3.63, 3.8) is 0 Å². The smallest absolute Gasteiger partial charge is 0.253 e. The average Bonchev–Trinajstić information content (AvgIpc) is 3.07. The molecule has 1 N–H and O–H groups in total. The highest BCUT2D eigenvalue weighted by molar-refractivity contribution is 6.06. The van der Waals surface area contributed by atoms with Crippen molar-refractivity contribution in [3.8, 4) is 11.4 Å². The van der Waals surface area contributed by atoms with Gasteiger partial charge < -0.3 is 14.8 Å². The molecule has 1 saturated heterocycles. The van der Waals surface area contributed by atoms with Gasteiger partial charge in [-0.3, -0.25) is 9.69 Å². The number of nitrogens with zero attached hydrogens (tertiary/aromatic N) is 4. The molecule has 0 radical (unpaired) electrons. The van der Waals surface area contributed by atoms with Gasteiger partial charge in [0.25, 0.3) is 5.91 Å². The van der Waals surface area contributed by atoms with Gasteiger partial charge >= 0.3 is 0 Å². The quantitative estimate of drug-likeness (QED) is 0.710. The molecule has 0 bridgehead atoms. The second-order valence-corrected chi connectivity index (χ2v) is 8.25. The maximum absolute atomic E-state index is 12.4. The fraction of sp³-hybridized carbons (Fsp3) is 0.417. The number of hydrogen-bond acceptors (Lipinski definition) is 4. The monoisotopic (exact) mass is 403 g/mol. The summed E-state index contributed by atoms with van der Waals surface area (Å²) in [5.74, 6) is 0.920. The molecule has 0 unspecified atom stereocenters. The summed E-state index contributed by atoms with van der Waals surface area (Å²) in [6.45, 7) is 9.27. The second kappa shape index (κ2) is 8.11. The summed E-state index contributed by atoms with van der Waals surface area (Å²) in [7, 11) is 0. The molecule has 156 valence electrons. The molecule has 2 aliphatic heterocycles. The molecule has 0 spiro atoms. The summed E-state index contributed by atoms with van der Waals surface area (Å²) in [6.07, 6.45) is 2.55. The fourth-order valence-electron chi connectivity index (χ4n) is 4.62. The van der Waals surface area contributed by atoms with Gasteiger partial charge in [0, 0.05) is 50.5 Å². The SMILES string of the molecule is CCCCN1CCN(c2ccc(-c3nc4cccc5c4n3CCNC5=O)cc2)CC1. The summed E-state index contributed by atoms with van der Waals surface area (Å²) in [5.41, 5.74) is 4.90. The van der Waals surface area contributed by atoms with Crippen LogP contribution in [0.25, 0.3) is 22.4 Å². The van der Waals surface area contributed by atoms with Crippen LogP contribution in [-0.4, -0.2) is 59.6 Å². The molecule has 6 nitrogen and oxygen atoms in total. The minimum absolute atomic E-state index is 0.0146. The first-order chi connectivity index (χ1) is 14.7. The van der Waals surface area contributed by atoms with Gasteiger partial charge in [-0.1, -0.05) is 19.4 Å². The predicted octanol–water partition coefficient (Wildman–Crippen LogP) is 3.37. The number of piperazine rings is 1. The van der Waals surface area contributed by atoms with Crippen LogP contribution in [0.5, 0.6) is 0 Å². The standard InChI is InChI=1S/C24H29N5O/c1-2-3-12-27-14-16-28(17-15-27)19-9-7-18(8-10-19)23-26-21-6-4-5-20-22(21)29(23)13-11-25-24(20)30/h4-10H,2-3,11-17H2,1H3,(H,25,30). The van der Waals surface area contributed by atoms with E-state index in [2.05, 4.69) is 50.9 Å². The van der Waals surface area contributed by atoms with Crippen LogP contribution in [0.4, 0.5) is 5.69 Å². The molecule has 0 atom stereocenters. The predicted molar refractivity (Wildman–Crippen MR) is 121 cm³/mol. The van der Waals surface area contributed by atoms with E-state index >= 15 is 0 Å². The Labute approximate surface area is 177 Å². The van der Waals surface area contributed by atoms with Crippen LogP contribution >= 0.6 is 0 Å². The lowest BCUT2D eigenvalue weighted by molar-refractivity contribution is 0.0956. The van der Waals surface area contributed by atoms with Crippen molar-refractivity contribution >= 4 is 22.6 Å². The lowest BCUT2D eigenvalue weighted by Crippen LogP contribution is -2.46. The number of nitrogens with one attached hydrogen (secondary N) is 1. The van der Waals surface area contributed by atoms with Crippen molar-refractivity contribution in [2.45, 2.75) is 26.3 Å². The third-order valence-corrected chi connectivity index (χ3v) is 6.32. The number of aromatic nitrogens is 2. The van der Waals surface area contributed by atoms with Gasteiger partial charge in [-0.15, -0.1) is 0 Å². The number of hydrogen-bond donors (Lipinski definition) is 1. The summed E-state index contributed by atoms with van der Waals surface area (Å²) in [5, 5.41) is 2.99. The van der Waals surface area contributed by atoms with Crippen molar-refractivity contribution in [1.82, 2.24) is 19.8 Å². The van der Waals surface area contributed by atoms with E-state index in [-0.39, 0.29) is 5.91 Å². The van der Waals surface area contributed by atoms with E-state index in [1.807, 2.05) is 18.2 Å². The molecule has 3 aromatic rings. The number of rotatable bonds is 5. The van der Waals surface area contributed by atoms with E-state index in [4.69, 9.17) is 4.98 Å². The number of carbonyl (C=O) groups excluding carboxylic acids is 1. The third kappa shape index (κ3) is 3.45. The number of carbonyl (C=O) groups is 1. The van der Waals surface area contributed by atoms with E-state index in [0.717, 1.165) is 55.1 Å². The van der Waals surface area contributed by atoms with E-state index in [0.29, 0.717) is 12.1 Å². The average molecular weight is 404 g/mol. The van der Waals surface area contributed by atoms with Crippen molar-refractivity contribution in [3.05, 3.63) is 48.0 Å². The Bertz CT molecular complexity index is 1050. The zero-order chi connectivity index (χ0) is 20.5. The molecule has 3 heterocycles. The van der Waals surface area contributed by atoms with Crippen molar-refractivity contribution in [2.75, 3.05) is 44.2 Å². The maximum atomic E-state index is 12.4. The first kappa shape index (κ1) is 19.1. The van der Waals surface area contributed by atoms with Crippen LogP contribution in [0.3, 0.4) is 0 Å². The van der Waals surface area contributed by atoms with Crippen LogP contribution in [0.15, 0.2) is 42.5 Å². The van der Waals surface area contributed by atoms with E-state index in [9.17, 15) is 4.79 Å². The Balaban J connectivity index is 1.39. The summed E-state index contributed by atoms with van der Waals surface area (Å²) >= 11 is 0. The van der Waals surface area contributed by atoms with Gasteiger partial charge in [0.15, 0.2) is 0 Å². The molecule has 0 saturated carbocycles. The van der Waals surface area contributed by atoms with Crippen LogP contribution in [0.1, 0.15) is 30.1 Å². The van der Waals surface area contributed by atoms with Crippen LogP contribution in [0, 0.1) is 0 Å². The highest BCUT2D eigenvalue weighted by atomic mass is 16.1. The molecule has 1 aromatic heterocycles. The molecule has 0 aliphatic carbocycles. The van der Waals surface area contributed by atoms with Crippen LogP contribution < -0.4 is 10.2 Å². The summed E-state index contributed by atoms with van der Waals surface area (Å²) < 4.78 is 2.18. The Hall–Kier alpha value is -2.86. The minimum atomic E-state index is -0.0146. The Morgan fingerprint density at radius 2 is 1.80 bits per heavy atom. The summed E-state index contributed by atoms with van der Waals surface area (Å²) in [4.78, 5) is 22.3. The normalized spacial score (nSPS) is 17.2. The summed E-state index contributed by atoms with van der Waals surface area (Å²) in [6, 6.07) is 14.5. The lowest BCUT2D eigenvalue weighted by Gasteiger charge is -2.36. The highest BCUT2D eigenvalue weighted by Crippen LogP contribution is 2.29. The molecule has 30 heavy (non-hydrogen) atoms. The highest BCUT2D eigenvalue weighted by Gasteiger charge is 2.22. The van der Waals surface area contributed by atoms with Gasteiger partial charge in [0.05, 0.1) is 16.6 Å². The van der Waals surface area contributed by atoms with Crippen molar-refractivity contribution in [1.29, 1.82) is 0 Å². The van der Waals surface area contributed by atoms with Gasteiger partial charge in [0.1, 0.15) is 5.82 Å². The van der Waals surface area contributed by atoms with Crippen LogP contribution in [-0.2, 0) is 6.54 Å². The van der Waals surface area contributed by atoms with Gasteiger partial charge in [-0.05, 0) is 49.4 Å². The largest absolute Gasteiger partial charge is 0.369 e. The Morgan fingerprint density at radius 1 is 1.00 bits per heavy atom. The number of imidazole rings is 1. The number of benzene rings is 2. The van der Waals surface area contributed by atoms with Crippen LogP contribution in [0.2, 0.25) is 0 Å². The molecule has 2 aliphatic rings. The molecule has 2 aromatic carbocycles. The van der Waals surface area contributed by atoms with E-state index in [1.54, 1.807) is 0 Å². The van der Waals surface area contributed by atoms with Crippen molar-refractivity contribution in [2.24, 2.45) is 0 Å². The lowest BCUT2D eigenvalue weighted by atomic mass is 10.1. The van der Waals surface area contributed by atoms with Gasteiger partial charge in [-0.2, -0.15) is 0 Å². The second-order valence-electron chi connectivity index (χ2n) is 8.25. The van der Waals surface area contributed by atoms with Gasteiger partial charge in [0.2, 0.25) is 0 Å². The molecular weight excluding hydrogens is 374 g/mol. The van der Waals surface area contributed by atoms with Crippen molar-refractivity contribution < 1.29 is 4.79 Å². The molecule has 1 amide bonds. The molecule has 5 rings (SSSR count). The molecule has 6 heteroatoms. The van der Waals surface area contributed by atoms with E-state index < -0.39 is 0 Å². The molecule has 1 fully saturated rings. The maximum Gasteiger partial charge on any atom is 0.253 e. The minimum Gasteiger partial charge on any atom is -0.369 e. The number of para-hydroxylation sites is 1. The first-order valence-corrected chi connectivity index (χ1v) is 11.1. The first-order valence-electron chi connectivity index (χ1n) is 11.1. The number of unbranched alkanes of at least 4 members (excludes halogenated alkanes) is 1.